The van der Waals surface area contributed by atoms with Crippen molar-refractivity contribution in [2.75, 3.05) is 20.8 Å². The van der Waals surface area contributed by atoms with Gasteiger partial charge in [0, 0.05) is 18.3 Å². The zero-order valence-electron chi connectivity index (χ0n) is 16.1. The first-order valence-electron chi connectivity index (χ1n) is 8.69. The molecule has 1 unspecified atom stereocenters. The van der Waals surface area contributed by atoms with Crippen LogP contribution in [0.5, 0.6) is 11.5 Å². The molecule has 1 aromatic carbocycles. The Bertz CT molecular complexity index is 742. The number of amides is 2. The Morgan fingerprint density at radius 1 is 1.19 bits per heavy atom. The summed E-state index contributed by atoms with van der Waals surface area (Å²) in [7, 11) is 3.22. The molecular formula is C19H28N4O3. The van der Waals surface area contributed by atoms with Gasteiger partial charge in [-0.25, -0.2) is 4.79 Å². The lowest BCUT2D eigenvalue weighted by atomic mass is 10.1. The standard InChI is InChI=1S/C19H28N4O3/c1-13-10-15(3)23(22-13)12-14(2)21-19(24)20-9-8-16-6-7-17(25-4)18(11-16)26-5/h6-7,10-11,14H,8-9,12H2,1-5H3,(H2,20,21,24). The van der Waals surface area contributed by atoms with E-state index in [1.807, 2.05) is 49.7 Å². The van der Waals surface area contributed by atoms with Crippen molar-refractivity contribution in [3.05, 3.63) is 41.2 Å². The van der Waals surface area contributed by atoms with Crippen molar-refractivity contribution in [1.82, 2.24) is 20.4 Å². The summed E-state index contributed by atoms with van der Waals surface area (Å²) < 4.78 is 12.4. The highest BCUT2D eigenvalue weighted by molar-refractivity contribution is 5.74. The van der Waals surface area contributed by atoms with Gasteiger partial charge in [-0.2, -0.15) is 5.10 Å². The normalized spacial score (nSPS) is 11.7. The number of ether oxygens (including phenoxy) is 2. The van der Waals surface area contributed by atoms with Crippen LogP contribution in [0.4, 0.5) is 4.79 Å². The molecule has 1 aromatic heterocycles. The molecular weight excluding hydrogens is 332 g/mol. The van der Waals surface area contributed by atoms with Gasteiger partial charge < -0.3 is 20.1 Å². The summed E-state index contributed by atoms with van der Waals surface area (Å²) in [5.74, 6) is 1.38. The van der Waals surface area contributed by atoms with Gasteiger partial charge in [0.2, 0.25) is 0 Å². The summed E-state index contributed by atoms with van der Waals surface area (Å²) in [6, 6.07) is 7.57. The van der Waals surface area contributed by atoms with E-state index in [4.69, 9.17) is 9.47 Å². The summed E-state index contributed by atoms with van der Waals surface area (Å²) in [5.41, 5.74) is 3.14. The molecule has 2 N–H and O–H groups in total. The van der Waals surface area contributed by atoms with Crippen LogP contribution < -0.4 is 20.1 Å². The minimum atomic E-state index is -0.181. The van der Waals surface area contributed by atoms with Crippen molar-refractivity contribution in [2.24, 2.45) is 0 Å². The van der Waals surface area contributed by atoms with Crippen LogP contribution in [0, 0.1) is 13.8 Å². The fourth-order valence-electron chi connectivity index (χ4n) is 2.80. The largest absolute Gasteiger partial charge is 0.493 e. The van der Waals surface area contributed by atoms with Crippen molar-refractivity contribution in [3.8, 4) is 11.5 Å². The number of aryl methyl sites for hydroxylation is 2. The Labute approximate surface area is 154 Å². The number of rotatable bonds is 8. The van der Waals surface area contributed by atoms with E-state index in [1.54, 1.807) is 14.2 Å². The van der Waals surface area contributed by atoms with Crippen molar-refractivity contribution < 1.29 is 14.3 Å². The van der Waals surface area contributed by atoms with Gasteiger partial charge in [-0.3, -0.25) is 4.68 Å². The second-order valence-electron chi connectivity index (χ2n) is 6.35. The molecule has 7 nitrogen and oxygen atoms in total. The van der Waals surface area contributed by atoms with Gasteiger partial charge in [0.25, 0.3) is 0 Å². The molecule has 0 aliphatic carbocycles. The van der Waals surface area contributed by atoms with E-state index >= 15 is 0 Å². The molecule has 0 aliphatic rings. The predicted molar refractivity (Wildman–Crippen MR) is 101 cm³/mol. The van der Waals surface area contributed by atoms with Crippen LogP contribution in [0.25, 0.3) is 0 Å². The van der Waals surface area contributed by atoms with Crippen LogP contribution in [-0.2, 0) is 13.0 Å². The van der Waals surface area contributed by atoms with Gasteiger partial charge >= 0.3 is 6.03 Å². The van der Waals surface area contributed by atoms with Gasteiger partial charge in [0.15, 0.2) is 11.5 Å². The zero-order chi connectivity index (χ0) is 19.1. The average molecular weight is 360 g/mol. The average Bonchev–Trinajstić information content (AvgIpc) is 2.91. The Morgan fingerprint density at radius 2 is 1.92 bits per heavy atom. The van der Waals surface area contributed by atoms with Gasteiger partial charge in [-0.05, 0) is 51.0 Å². The van der Waals surface area contributed by atoms with Gasteiger partial charge in [-0.1, -0.05) is 6.07 Å². The molecule has 2 aromatic rings. The second kappa shape index (κ2) is 9.12. The highest BCUT2D eigenvalue weighted by Gasteiger charge is 2.10. The van der Waals surface area contributed by atoms with Crippen LogP contribution in [0.2, 0.25) is 0 Å². The van der Waals surface area contributed by atoms with Crippen LogP contribution in [0.15, 0.2) is 24.3 Å². The SMILES string of the molecule is COc1ccc(CCNC(=O)NC(C)Cn2nc(C)cc2C)cc1OC. The maximum Gasteiger partial charge on any atom is 0.315 e. The Balaban J connectivity index is 1.77. The van der Waals surface area contributed by atoms with E-state index in [1.165, 1.54) is 0 Å². The number of nitrogens with one attached hydrogen (secondary N) is 2. The lowest BCUT2D eigenvalue weighted by Gasteiger charge is -2.16. The number of urea groups is 1. The number of carbonyl (C=O) groups is 1. The second-order valence-corrected chi connectivity index (χ2v) is 6.35. The van der Waals surface area contributed by atoms with Gasteiger partial charge in [-0.15, -0.1) is 0 Å². The number of aromatic nitrogens is 2. The van der Waals surface area contributed by atoms with E-state index in [0.29, 0.717) is 31.0 Å². The van der Waals surface area contributed by atoms with Crippen molar-refractivity contribution in [1.29, 1.82) is 0 Å². The molecule has 142 valence electrons. The van der Waals surface area contributed by atoms with E-state index in [-0.39, 0.29) is 12.1 Å². The fourth-order valence-corrected chi connectivity index (χ4v) is 2.80. The molecule has 0 saturated heterocycles. The molecule has 7 heteroatoms. The quantitative estimate of drug-likeness (QED) is 0.758. The monoisotopic (exact) mass is 360 g/mol. The molecule has 0 saturated carbocycles. The number of hydrogen-bond acceptors (Lipinski definition) is 4. The number of carbonyl (C=O) groups excluding carboxylic acids is 1. The number of methoxy groups -OCH3 is 2. The molecule has 2 rings (SSSR count). The molecule has 0 aliphatic heterocycles. The zero-order valence-corrected chi connectivity index (χ0v) is 16.1. The molecule has 0 spiro atoms. The van der Waals surface area contributed by atoms with E-state index in [0.717, 1.165) is 17.0 Å². The first-order valence-corrected chi connectivity index (χ1v) is 8.69. The van der Waals surface area contributed by atoms with Gasteiger partial charge in [0.05, 0.1) is 26.5 Å². The smallest absolute Gasteiger partial charge is 0.315 e. The van der Waals surface area contributed by atoms with Crippen LogP contribution >= 0.6 is 0 Å². The maximum atomic E-state index is 12.1. The van der Waals surface area contributed by atoms with Crippen LogP contribution in [-0.4, -0.2) is 42.6 Å². The molecule has 0 bridgehead atoms. The minimum absolute atomic E-state index is 0.0194. The summed E-state index contributed by atoms with van der Waals surface area (Å²) in [6.07, 6.45) is 0.708. The third-order valence-corrected chi connectivity index (χ3v) is 4.07. The summed E-state index contributed by atoms with van der Waals surface area (Å²) >= 11 is 0. The molecule has 26 heavy (non-hydrogen) atoms. The number of nitrogens with zero attached hydrogens (tertiary/aromatic N) is 2. The highest BCUT2D eigenvalue weighted by atomic mass is 16.5. The first-order chi connectivity index (χ1) is 12.4. The van der Waals surface area contributed by atoms with Crippen molar-refractivity contribution >= 4 is 6.03 Å². The Hall–Kier alpha value is -2.70. The molecule has 2 amide bonds. The first kappa shape index (κ1) is 19.6. The maximum absolute atomic E-state index is 12.1. The lowest BCUT2D eigenvalue weighted by molar-refractivity contribution is 0.236. The minimum Gasteiger partial charge on any atom is -0.493 e. The van der Waals surface area contributed by atoms with Gasteiger partial charge in [0.1, 0.15) is 0 Å². The lowest BCUT2D eigenvalue weighted by Crippen LogP contribution is -2.43. The van der Waals surface area contributed by atoms with Crippen molar-refractivity contribution in [2.45, 2.75) is 39.8 Å². The molecule has 1 heterocycles. The Morgan fingerprint density at radius 3 is 2.54 bits per heavy atom. The number of hydrogen-bond donors (Lipinski definition) is 2. The third kappa shape index (κ3) is 5.40. The van der Waals surface area contributed by atoms with E-state index in [2.05, 4.69) is 15.7 Å². The Kier molecular flexibility index (Phi) is 6.89. The van der Waals surface area contributed by atoms with E-state index < -0.39 is 0 Å². The van der Waals surface area contributed by atoms with E-state index in [9.17, 15) is 4.79 Å². The highest BCUT2D eigenvalue weighted by Crippen LogP contribution is 2.27. The number of benzene rings is 1. The van der Waals surface area contributed by atoms with Crippen LogP contribution in [0.1, 0.15) is 23.9 Å². The summed E-state index contributed by atoms with van der Waals surface area (Å²) in [4.78, 5) is 12.1. The molecule has 1 atom stereocenters. The molecule has 0 fully saturated rings. The summed E-state index contributed by atoms with van der Waals surface area (Å²) in [6.45, 7) is 7.11. The summed E-state index contributed by atoms with van der Waals surface area (Å²) in [5, 5.41) is 10.2. The molecule has 0 radical (unpaired) electrons. The third-order valence-electron chi connectivity index (χ3n) is 4.07. The topological polar surface area (TPSA) is 77.4 Å². The fraction of sp³-hybridized carbons (Fsp3) is 0.474. The van der Waals surface area contributed by atoms with Crippen molar-refractivity contribution in [3.63, 3.8) is 0 Å². The predicted octanol–water partition coefficient (Wildman–Crippen LogP) is 2.45. The van der Waals surface area contributed by atoms with Crippen LogP contribution in [0.3, 0.4) is 0 Å².